The Morgan fingerprint density at radius 1 is 1.35 bits per heavy atom. The van der Waals surface area contributed by atoms with Crippen molar-refractivity contribution >= 4 is 22.6 Å². The molecule has 1 saturated carbocycles. The van der Waals surface area contributed by atoms with E-state index in [1.807, 2.05) is 18.2 Å². The van der Waals surface area contributed by atoms with Gasteiger partial charge in [0.15, 0.2) is 0 Å². The molecule has 1 aliphatic heterocycles. The molecule has 2 heterocycles. The molecule has 4 rings (SSSR count). The van der Waals surface area contributed by atoms with Crippen LogP contribution in [0.1, 0.15) is 45.0 Å². The summed E-state index contributed by atoms with van der Waals surface area (Å²) in [7, 11) is 2.09. The van der Waals surface area contributed by atoms with Crippen LogP contribution >= 0.6 is 11.6 Å². The number of rotatable bonds is 4. The first-order valence-corrected chi connectivity index (χ1v) is 9.04. The topological polar surface area (TPSA) is 33.1 Å². The van der Waals surface area contributed by atoms with Gasteiger partial charge in [0, 0.05) is 36.7 Å². The van der Waals surface area contributed by atoms with Crippen LogP contribution in [0.25, 0.3) is 11.0 Å². The summed E-state index contributed by atoms with van der Waals surface area (Å²) >= 11 is 6.09. The predicted molar refractivity (Wildman–Crippen MR) is 94.9 cm³/mol. The van der Waals surface area contributed by atoms with Crippen LogP contribution in [0.3, 0.4) is 0 Å². The molecular weight excluding hydrogens is 308 g/mol. The highest BCUT2D eigenvalue weighted by Gasteiger charge is 2.39. The van der Waals surface area contributed by atoms with Gasteiger partial charge in [-0.05, 0) is 51.3 Å². The quantitative estimate of drug-likeness (QED) is 0.930. The molecule has 2 aromatic rings. The third-order valence-corrected chi connectivity index (χ3v) is 5.62. The highest BCUT2D eigenvalue weighted by atomic mass is 35.5. The van der Waals surface area contributed by atoms with Crippen LogP contribution in [-0.4, -0.2) is 39.1 Å². The van der Waals surface area contributed by atoms with Crippen LogP contribution in [0, 0.1) is 0 Å². The van der Waals surface area contributed by atoms with Gasteiger partial charge in [0.2, 0.25) is 0 Å². The van der Waals surface area contributed by atoms with Crippen molar-refractivity contribution in [2.45, 2.75) is 57.3 Å². The second-order valence-corrected chi connectivity index (χ2v) is 7.70. The minimum Gasteiger partial charge on any atom is -0.330 e. The van der Waals surface area contributed by atoms with E-state index in [2.05, 4.69) is 35.7 Å². The van der Waals surface area contributed by atoms with Crippen molar-refractivity contribution < 1.29 is 0 Å². The molecule has 1 aromatic carbocycles. The van der Waals surface area contributed by atoms with E-state index in [9.17, 15) is 0 Å². The Morgan fingerprint density at radius 3 is 2.87 bits per heavy atom. The molecule has 124 valence electrons. The van der Waals surface area contributed by atoms with E-state index in [0.717, 1.165) is 27.9 Å². The van der Waals surface area contributed by atoms with Gasteiger partial charge in [0.1, 0.15) is 5.82 Å². The van der Waals surface area contributed by atoms with Crippen molar-refractivity contribution in [3.8, 4) is 0 Å². The summed E-state index contributed by atoms with van der Waals surface area (Å²) in [6.45, 7) is 5.75. The lowest BCUT2D eigenvalue weighted by Gasteiger charge is -2.21. The Balaban J connectivity index is 1.51. The van der Waals surface area contributed by atoms with Gasteiger partial charge in [-0.3, -0.25) is 4.90 Å². The second-order valence-electron chi connectivity index (χ2n) is 7.26. The molecule has 3 atom stereocenters. The first kappa shape index (κ1) is 15.4. The van der Waals surface area contributed by atoms with Crippen LogP contribution in [0.15, 0.2) is 18.2 Å². The Hall–Kier alpha value is -1.10. The molecular formula is C18H25ClN4. The Kier molecular flexibility index (Phi) is 3.87. The van der Waals surface area contributed by atoms with Gasteiger partial charge >= 0.3 is 0 Å². The second kappa shape index (κ2) is 5.76. The summed E-state index contributed by atoms with van der Waals surface area (Å²) in [5, 5.41) is 4.54. The lowest BCUT2D eigenvalue weighted by atomic mass is 10.1. The molecule has 2 fully saturated rings. The number of nitrogens with zero attached hydrogens (tertiary/aromatic N) is 3. The van der Waals surface area contributed by atoms with Crippen molar-refractivity contribution in [3.63, 3.8) is 0 Å². The van der Waals surface area contributed by atoms with Crippen LogP contribution in [-0.2, 0) is 7.05 Å². The summed E-state index contributed by atoms with van der Waals surface area (Å²) < 4.78 is 2.18. The fraction of sp³-hybridized carbons (Fsp3) is 0.611. The summed E-state index contributed by atoms with van der Waals surface area (Å²) in [5.41, 5.74) is 2.11. The molecule has 2 aliphatic rings. The third kappa shape index (κ3) is 2.88. The molecule has 1 aliphatic carbocycles. The van der Waals surface area contributed by atoms with Crippen molar-refractivity contribution in [2.75, 3.05) is 6.54 Å². The maximum atomic E-state index is 6.09. The molecule has 1 saturated heterocycles. The molecule has 0 amide bonds. The molecule has 0 spiro atoms. The Labute approximate surface area is 142 Å². The lowest BCUT2D eigenvalue weighted by molar-refractivity contribution is 0.254. The molecule has 5 heteroatoms. The Morgan fingerprint density at radius 2 is 2.13 bits per heavy atom. The first-order valence-electron chi connectivity index (χ1n) is 8.66. The Bertz CT molecular complexity index is 721. The van der Waals surface area contributed by atoms with E-state index in [1.54, 1.807) is 0 Å². The van der Waals surface area contributed by atoms with Crippen molar-refractivity contribution in [3.05, 3.63) is 29.0 Å². The largest absolute Gasteiger partial charge is 0.330 e. The summed E-state index contributed by atoms with van der Waals surface area (Å²) in [4.78, 5) is 7.48. The van der Waals surface area contributed by atoms with E-state index in [-0.39, 0.29) is 6.04 Å². The SMILES string of the molecule is C[C@H](N[C@@H]1C[C@@H](C)N(C2CC2)C1)c1nc2cc(Cl)ccc2n1C. The van der Waals surface area contributed by atoms with Gasteiger partial charge in [0.25, 0.3) is 0 Å². The number of nitrogens with one attached hydrogen (secondary N) is 1. The monoisotopic (exact) mass is 332 g/mol. The van der Waals surface area contributed by atoms with E-state index in [4.69, 9.17) is 16.6 Å². The number of hydrogen-bond donors (Lipinski definition) is 1. The summed E-state index contributed by atoms with van der Waals surface area (Å²) in [6.07, 6.45) is 4.01. The standard InChI is InChI=1S/C18H25ClN4/c1-11-8-14(10-23(11)15-5-6-15)20-12(2)18-21-16-9-13(19)4-7-17(16)22(18)3/h4,7,9,11-12,14-15,20H,5-6,8,10H2,1-3H3/t11-,12+,14-/m1/s1. The first-order chi connectivity index (χ1) is 11.0. The number of aromatic nitrogens is 2. The number of imidazole rings is 1. The maximum absolute atomic E-state index is 6.09. The fourth-order valence-corrected chi connectivity index (χ4v) is 4.27. The summed E-state index contributed by atoms with van der Waals surface area (Å²) in [5.74, 6) is 1.08. The van der Waals surface area contributed by atoms with Crippen LogP contribution < -0.4 is 5.32 Å². The van der Waals surface area contributed by atoms with Crippen molar-refractivity contribution in [1.29, 1.82) is 0 Å². The van der Waals surface area contributed by atoms with Crippen LogP contribution in [0.4, 0.5) is 0 Å². The van der Waals surface area contributed by atoms with Crippen LogP contribution in [0.5, 0.6) is 0 Å². The van der Waals surface area contributed by atoms with E-state index in [1.165, 1.54) is 25.8 Å². The molecule has 4 nitrogen and oxygen atoms in total. The highest BCUT2D eigenvalue weighted by Crippen LogP contribution is 2.34. The number of benzene rings is 1. The van der Waals surface area contributed by atoms with E-state index in [0.29, 0.717) is 12.1 Å². The van der Waals surface area contributed by atoms with Crippen molar-refractivity contribution in [2.24, 2.45) is 7.05 Å². The zero-order valence-corrected chi connectivity index (χ0v) is 14.8. The van der Waals surface area contributed by atoms with Gasteiger partial charge in [-0.2, -0.15) is 0 Å². The minimum atomic E-state index is 0.238. The lowest BCUT2D eigenvalue weighted by Crippen LogP contribution is -2.36. The maximum Gasteiger partial charge on any atom is 0.126 e. The zero-order valence-electron chi connectivity index (χ0n) is 14.1. The molecule has 0 bridgehead atoms. The number of halogens is 1. The van der Waals surface area contributed by atoms with E-state index >= 15 is 0 Å². The molecule has 0 unspecified atom stereocenters. The van der Waals surface area contributed by atoms with E-state index < -0.39 is 0 Å². The normalized spacial score (nSPS) is 27.0. The third-order valence-electron chi connectivity index (χ3n) is 5.39. The van der Waals surface area contributed by atoms with Crippen LogP contribution in [0.2, 0.25) is 5.02 Å². The van der Waals surface area contributed by atoms with Gasteiger partial charge in [-0.15, -0.1) is 0 Å². The molecule has 1 aromatic heterocycles. The molecule has 0 radical (unpaired) electrons. The number of likely N-dealkylation sites (tertiary alicyclic amines) is 1. The van der Waals surface area contributed by atoms with Gasteiger partial charge in [-0.25, -0.2) is 4.98 Å². The average Bonchev–Trinajstić information content (AvgIpc) is 3.21. The fourth-order valence-electron chi connectivity index (χ4n) is 4.10. The van der Waals surface area contributed by atoms with Gasteiger partial charge in [-0.1, -0.05) is 11.6 Å². The smallest absolute Gasteiger partial charge is 0.126 e. The van der Waals surface area contributed by atoms with Gasteiger partial charge in [0.05, 0.1) is 17.1 Å². The highest BCUT2D eigenvalue weighted by molar-refractivity contribution is 6.31. The summed E-state index contributed by atoms with van der Waals surface area (Å²) in [6, 6.07) is 8.27. The zero-order chi connectivity index (χ0) is 16.1. The number of aryl methyl sites for hydroxylation is 1. The van der Waals surface area contributed by atoms with Crippen molar-refractivity contribution in [1.82, 2.24) is 19.8 Å². The predicted octanol–water partition coefficient (Wildman–Crippen LogP) is 3.50. The molecule has 23 heavy (non-hydrogen) atoms. The number of hydrogen-bond acceptors (Lipinski definition) is 3. The number of fused-ring (bicyclic) bond motifs is 1. The van der Waals surface area contributed by atoms with Gasteiger partial charge < -0.3 is 9.88 Å². The average molecular weight is 333 g/mol. The minimum absolute atomic E-state index is 0.238. The molecule has 1 N–H and O–H groups in total.